The molecule has 226 valence electrons. The molecule has 0 saturated heterocycles. The van der Waals surface area contributed by atoms with Crippen LogP contribution in [0.25, 0.3) is 0 Å². The van der Waals surface area contributed by atoms with Gasteiger partial charge in [-0.15, -0.1) is 0 Å². The number of carbonyl (C=O) groups excluding carboxylic acids is 2. The number of benzene rings is 3. The van der Waals surface area contributed by atoms with Gasteiger partial charge in [-0.25, -0.2) is 14.0 Å². The molecule has 0 fully saturated rings. The van der Waals surface area contributed by atoms with Crippen LogP contribution in [0.1, 0.15) is 36.6 Å². The number of hydrogen-bond donors (Lipinski definition) is 4. The summed E-state index contributed by atoms with van der Waals surface area (Å²) in [5.74, 6) is 0.252. The molecule has 1 heterocycles. The zero-order valence-corrected chi connectivity index (χ0v) is 23.9. The summed E-state index contributed by atoms with van der Waals surface area (Å²) in [4.78, 5) is 24.6. The van der Waals surface area contributed by atoms with Crippen LogP contribution < -0.4 is 30.3 Å². The van der Waals surface area contributed by atoms with Gasteiger partial charge in [-0.1, -0.05) is 36.4 Å². The first kappa shape index (κ1) is 30.8. The molecule has 0 aliphatic carbocycles. The minimum atomic E-state index is -1.18. The third-order valence-electron chi connectivity index (χ3n) is 6.36. The number of aliphatic hydroxyl groups excluding tert-OH is 1. The first-order valence-corrected chi connectivity index (χ1v) is 13.5. The van der Waals surface area contributed by atoms with Crippen molar-refractivity contribution in [3.05, 3.63) is 101 Å². The van der Waals surface area contributed by atoms with E-state index in [-0.39, 0.29) is 24.6 Å². The number of amides is 2. The highest BCUT2D eigenvalue weighted by Gasteiger charge is 2.32. The fraction of sp³-hybridized carbons (Fsp3) is 0.258. The fourth-order valence-corrected chi connectivity index (χ4v) is 4.30. The number of carbonyl (C=O) groups is 2. The van der Waals surface area contributed by atoms with Gasteiger partial charge >= 0.3 is 12.0 Å². The molecule has 3 aromatic carbocycles. The van der Waals surface area contributed by atoms with Crippen LogP contribution in [0.3, 0.4) is 0 Å². The second-order valence-corrected chi connectivity index (χ2v) is 9.33. The van der Waals surface area contributed by atoms with E-state index >= 15 is 0 Å². The van der Waals surface area contributed by atoms with Gasteiger partial charge < -0.3 is 34.7 Å². The molecule has 0 bridgehead atoms. The molecule has 2 amide bonds. The van der Waals surface area contributed by atoms with Crippen LogP contribution in [0.4, 0.5) is 9.18 Å². The summed E-state index contributed by atoms with van der Waals surface area (Å²) in [5, 5.41) is 19.8. The summed E-state index contributed by atoms with van der Waals surface area (Å²) in [6.45, 7) is 3.61. The lowest BCUT2D eigenvalue weighted by Gasteiger charge is -2.28. The maximum Gasteiger partial charge on any atom is 0.337 e. The molecule has 12 heteroatoms. The number of nitrogens with one attached hydrogen (secondary N) is 3. The average molecular weight is 593 g/mol. The van der Waals surface area contributed by atoms with E-state index in [2.05, 4.69) is 21.2 Å². The van der Waals surface area contributed by atoms with Crippen molar-refractivity contribution in [1.82, 2.24) is 16.1 Å². The summed E-state index contributed by atoms with van der Waals surface area (Å²) in [7, 11) is 1.27. The molecule has 4 N–H and O–H groups in total. The number of ether oxygens (including phenoxy) is 4. The van der Waals surface area contributed by atoms with Crippen LogP contribution in [0.15, 0.2) is 83.1 Å². The van der Waals surface area contributed by atoms with Crippen LogP contribution >= 0.6 is 0 Å². The highest BCUT2D eigenvalue weighted by atomic mass is 19.1. The number of hydrogen-bond acceptors (Lipinski definition) is 9. The summed E-state index contributed by atoms with van der Waals surface area (Å²) in [6, 6.07) is 17.2. The third kappa shape index (κ3) is 8.01. The molecule has 3 aromatic rings. The lowest BCUT2D eigenvalue weighted by atomic mass is 9.95. The highest BCUT2D eigenvalue weighted by molar-refractivity contribution is 5.95. The summed E-state index contributed by atoms with van der Waals surface area (Å²) in [5.41, 5.74) is 4.85. The van der Waals surface area contributed by atoms with Crippen molar-refractivity contribution in [1.29, 1.82) is 0 Å². The topological polar surface area (TPSA) is 140 Å². The molecule has 0 saturated carbocycles. The Morgan fingerprint density at radius 1 is 1.07 bits per heavy atom. The molecular formula is C31H33FN4O7. The average Bonchev–Trinajstić information content (AvgIpc) is 3.00. The quantitative estimate of drug-likeness (QED) is 0.101. The van der Waals surface area contributed by atoms with Crippen molar-refractivity contribution in [2.24, 2.45) is 5.10 Å². The molecule has 4 rings (SSSR count). The predicted octanol–water partition coefficient (Wildman–Crippen LogP) is 3.93. The van der Waals surface area contributed by atoms with Crippen molar-refractivity contribution in [3.63, 3.8) is 0 Å². The van der Waals surface area contributed by atoms with E-state index in [1.807, 2.05) is 0 Å². The first-order chi connectivity index (χ1) is 20.8. The molecule has 0 aromatic heterocycles. The number of nitrogens with zero attached hydrogens (tertiary/aromatic N) is 1. The Morgan fingerprint density at radius 3 is 2.60 bits per heavy atom. The summed E-state index contributed by atoms with van der Waals surface area (Å²) in [6.07, 6.45) is 0.291. The maximum atomic E-state index is 13.9. The largest absolute Gasteiger partial charge is 0.490 e. The van der Waals surface area contributed by atoms with E-state index in [4.69, 9.17) is 18.9 Å². The smallest absolute Gasteiger partial charge is 0.337 e. The van der Waals surface area contributed by atoms with Gasteiger partial charge in [0.25, 0.3) is 0 Å². The standard InChI is InChI=1S/C31H33FN4O7/c1-4-41-26-15-20(29-28(30(38)40-3)19(2)34-31(39)35-29)13-14-25(26)43-18-27(37)36-33-16-21-9-6-8-12-24(21)42-17-22-10-5-7-11-23(22)32/h5-16,27,29,36-37H,4,17-18H2,1-3H3,(H2,34,35,39)/b33-16-/t27-,29-/m0/s1. The molecule has 2 atom stereocenters. The molecular weight excluding hydrogens is 559 g/mol. The van der Waals surface area contributed by atoms with E-state index in [0.717, 1.165) is 0 Å². The fourth-order valence-electron chi connectivity index (χ4n) is 4.30. The van der Waals surface area contributed by atoms with Crippen molar-refractivity contribution in [2.45, 2.75) is 32.7 Å². The molecule has 1 aliphatic rings. The lowest BCUT2D eigenvalue weighted by molar-refractivity contribution is -0.136. The Balaban J connectivity index is 1.39. The second kappa shape index (κ2) is 14.7. The van der Waals surface area contributed by atoms with Gasteiger partial charge in [-0.2, -0.15) is 5.10 Å². The highest BCUT2D eigenvalue weighted by Crippen LogP contribution is 2.35. The van der Waals surface area contributed by atoms with Crippen molar-refractivity contribution in [2.75, 3.05) is 20.3 Å². The number of rotatable bonds is 13. The van der Waals surface area contributed by atoms with Gasteiger partial charge in [0.15, 0.2) is 17.7 Å². The van der Waals surface area contributed by atoms with Crippen molar-refractivity contribution < 1.29 is 38.0 Å². The predicted molar refractivity (Wildman–Crippen MR) is 156 cm³/mol. The van der Waals surface area contributed by atoms with Gasteiger partial charge in [0.2, 0.25) is 0 Å². The zero-order valence-electron chi connectivity index (χ0n) is 23.9. The summed E-state index contributed by atoms with van der Waals surface area (Å²) >= 11 is 0. The second-order valence-electron chi connectivity index (χ2n) is 9.33. The van der Waals surface area contributed by atoms with Gasteiger partial charge in [0, 0.05) is 16.8 Å². The number of para-hydroxylation sites is 1. The number of hydrazone groups is 1. The number of allylic oxidation sites excluding steroid dienone is 1. The molecule has 0 spiro atoms. The van der Waals surface area contributed by atoms with Crippen LogP contribution in [-0.4, -0.2) is 49.9 Å². The monoisotopic (exact) mass is 592 g/mol. The Hall–Kier alpha value is -5.10. The Labute approximate surface area is 248 Å². The molecule has 11 nitrogen and oxygen atoms in total. The SMILES string of the molecule is CCOc1cc([C@@H]2NC(=O)NC(C)=C2C(=O)OC)ccc1OC[C@H](O)N/N=C\c1ccccc1OCc1ccccc1F. The number of halogens is 1. The normalized spacial score (nSPS) is 15.4. The van der Waals surface area contributed by atoms with Gasteiger partial charge in [0.05, 0.1) is 31.5 Å². The van der Waals surface area contributed by atoms with Crippen molar-refractivity contribution >= 4 is 18.2 Å². The number of urea groups is 1. The molecule has 1 aliphatic heterocycles. The molecule has 0 radical (unpaired) electrons. The zero-order chi connectivity index (χ0) is 30.8. The third-order valence-corrected chi connectivity index (χ3v) is 6.36. The lowest BCUT2D eigenvalue weighted by Crippen LogP contribution is -2.45. The van der Waals surface area contributed by atoms with Crippen LogP contribution in [0.5, 0.6) is 17.2 Å². The van der Waals surface area contributed by atoms with E-state index in [0.29, 0.717) is 46.2 Å². The molecule has 43 heavy (non-hydrogen) atoms. The minimum Gasteiger partial charge on any atom is -0.490 e. The first-order valence-electron chi connectivity index (χ1n) is 13.5. The van der Waals surface area contributed by atoms with Gasteiger partial charge in [-0.3, -0.25) is 5.43 Å². The van der Waals surface area contributed by atoms with Crippen LogP contribution in [0.2, 0.25) is 0 Å². The van der Waals surface area contributed by atoms with E-state index < -0.39 is 24.3 Å². The van der Waals surface area contributed by atoms with Crippen molar-refractivity contribution in [3.8, 4) is 17.2 Å². The summed E-state index contributed by atoms with van der Waals surface area (Å²) < 4.78 is 36.1. The van der Waals surface area contributed by atoms with E-state index in [9.17, 15) is 19.1 Å². The van der Waals surface area contributed by atoms with E-state index in [1.165, 1.54) is 19.4 Å². The number of aliphatic hydroxyl groups is 1. The van der Waals surface area contributed by atoms with Crippen LogP contribution in [-0.2, 0) is 16.1 Å². The minimum absolute atomic E-state index is 0.0479. The molecule has 0 unspecified atom stereocenters. The maximum absolute atomic E-state index is 13.9. The Morgan fingerprint density at radius 2 is 1.84 bits per heavy atom. The van der Waals surface area contributed by atoms with Gasteiger partial charge in [-0.05, 0) is 49.7 Å². The Bertz CT molecular complexity index is 1510. The number of methoxy groups -OCH3 is 1. The van der Waals surface area contributed by atoms with E-state index in [1.54, 1.807) is 74.5 Å². The van der Waals surface area contributed by atoms with Gasteiger partial charge in [0.1, 0.15) is 24.8 Å². The van der Waals surface area contributed by atoms with Crippen LogP contribution in [0, 0.1) is 5.82 Å². The number of esters is 1. The Kier molecular flexibility index (Phi) is 10.5.